The van der Waals surface area contributed by atoms with Gasteiger partial charge < -0.3 is 14.6 Å². The maximum atomic E-state index is 5.14. The Morgan fingerprint density at radius 3 is 2.85 bits per heavy atom. The molecule has 0 unspecified atom stereocenters. The van der Waals surface area contributed by atoms with Crippen molar-refractivity contribution in [3.63, 3.8) is 0 Å². The van der Waals surface area contributed by atoms with E-state index in [1.165, 1.54) is 16.8 Å². The van der Waals surface area contributed by atoms with E-state index < -0.39 is 0 Å². The van der Waals surface area contributed by atoms with E-state index in [1.54, 1.807) is 12.5 Å². The van der Waals surface area contributed by atoms with Crippen molar-refractivity contribution >= 4 is 21.6 Å². The van der Waals surface area contributed by atoms with E-state index >= 15 is 0 Å². The number of hydrogen-bond acceptors (Lipinski definition) is 3. The average Bonchev–Trinajstić information content (AvgIpc) is 2.93. The van der Waals surface area contributed by atoms with Gasteiger partial charge in [-0.15, -0.1) is 0 Å². The molecule has 0 spiro atoms. The predicted octanol–water partition coefficient (Wildman–Crippen LogP) is 4.18. The van der Waals surface area contributed by atoms with Crippen LogP contribution in [-0.2, 0) is 13.1 Å². The molecule has 0 aliphatic heterocycles. The summed E-state index contributed by atoms with van der Waals surface area (Å²) in [7, 11) is 2.11. The molecule has 0 aliphatic rings. The van der Waals surface area contributed by atoms with Crippen LogP contribution in [0.2, 0.25) is 0 Å². The molecule has 0 aliphatic carbocycles. The Morgan fingerprint density at radius 2 is 2.15 bits per heavy atom. The maximum absolute atomic E-state index is 5.14. The molecular weight excluding hydrogens is 316 g/mol. The summed E-state index contributed by atoms with van der Waals surface area (Å²) in [6.45, 7) is 4.96. The summed E-state index contributed by atoms with van der Waals surface area (Å²) >= 11 is 3.56. The highest BCUT2D eigenvalue weighted by Crippen LogP contribution is 2.25. The molecular formula is C16H21BrN2O. The lowest BCUT2D eigenvalue weighted by Gasteiger charge is -2.22. The van der Waals surface area contributed by atoms with Crippen molar-refractivity contribution < 1.29 is 4.42 Å². The van der Waals surface area contributed by atoms with Crippen molar-refractivity contribution in [2.24, 2.45) is 0 Å². The lowest BCUT2D eigenvalue weighted by atomic mass is 10.1. The quantitative estimate of drug-likeness (QED) is 0.769. The normalized spacial score (nSPS) is 10.8. The number of furan rings is 1. The van der Waals surface area contributed by atoms with Gasteiger partial charge in [0.25, 0.3) is 0 Å². The molecule has 2 aromatic rings. The number of hydrogen-bond donors (Lipinski definition) is 1. The molecule has 0 amide bonds. The van der Waals surface area contributed by atoms with E-state index in [0.29, 0.717) is 0 Å². The number of halogens is 1. The molecule has 0 radical (unpaired) electrons. The van der Waals surface area contributed by atoms with Crippen LogP contribution in [0.4, 0.5) is 5.69 Å². The third kappa shape index (κ3) is 4.12. The van der Waals surface area contributed by atoms with Gasteiger partial charge in [0.2, 0.25) is 0 Å². The summed E-state index contributed by atoms with van der Waals surface area (Å²) < 4.78 is 6.24. The molecule has 0 saturated heterocycles. The third-order valence-electron chi connectivity index (χ3n) is 3.20. The minimum Gasteiger partial charge on any atom is -0.472 e. The molecule has 0 atom stereocenters. The van der Waals surface area contributed by atoms with E-state index in [1.807, 2.05) is 6.07 Å². The Kier molecular flexibility index (Phi) is 5.68. The van der Waals surface area contributed by atoms with Crippen LogP contribution in [0.3, 0.4) is 0 Å². The highest BCUT2D eigenvalue weighted by molar-refractivity contribution is 9.10. The van der Waals surface area contributed by atoms with Gasteiger partial charge in [-0.25, -0.2) is 0 Å². The summed E-state index contributed by atoms with van der Waals surface area (Å²) in [6, 6.07) is 8.44. The largest absolute Gasteiger partial charge is 0.472 e. The SMILES string of the molecule is CCCNCc1ccc(Br)cc1N(C)Cc1ccoc1. The van der Waals surface area contributed by atoms with Crippen molar-refractivity contribution in [2.45, 2.75) is 26.4 Å². The van der Waals surface area contributed by atoms with Gasteiger partial charge >= 0.3 is 0 Å². The van der Waals surface area contributed by atoms with E-state index in [4.69, 9.17) is 4.42 Å². The maximum Gasteiger partial charge on any atom is 0.0952 e. The van der Waals surface area contributed by atoms with Crippen LogP contribution in [-0.4, -0.2) is 13.6 Å². The van der Waals surface area contributed by atoms with Crippen molar-refractivity contribution in [1.29, 1.82) is 0 Å². The second-order valence-electron chi connectivity index (χ2n) is 4.94. The van der Waals surface area contributed by atoms with E-state index in [0.717, 1.165) is 30.5 Å². The Labute approximate surface area is 129 Å². The van der Waals surface area contributed by atoms with Crippen molar-refractivity contribution in [3.05, 3.63) is 52.4 Å². The second-order valence-corrected chi connectivity index (χ2v) is 5.85. The molecule has 1 aromatic heterocycles. The van der Waals surface area contributed by atoms with E-state index in [-0.39, 0.29) is 0 Å². The van der Waals surface area contributed by atoms with Crippen molar-refractivity contribution in [1.82, 2.24) is 5.32 Å². The summed E-state index contributed by atoms with van der Waals surface area (Å²) in [5.74, 6) is 0. The van der Waals surface area contributed by atoms with Gasteiger partial charge in [0, 0.05) is 35.9 Å². The predicted molar refractivity (Wildman–Crippen MR) is 87.0 cm³/mol. The molecule has 108 valence electrons. The third-order valence-corrected chi connectivity index (χ3v) is 3.69. The first-order chi connectivity index (χ1) is 9.70. The lowest BCUT2D eigenvalue weighted by molar-refractivity contribution is 0.563. The summed E-state index contributed by atoms with van der Waals surface area (Å²) in [5, 5.41) is 3.46. The Bertz CT molecular complexity index is 525. The second kappa shape index (κ2) is 7.50. The Morgan fingerprint density at radius 1 is 1.30 bits per heavy atom. The minimum atomic E-state index is 0.841. The topological polar surface area (TPSA) is 28.4 Å². The lowest BCUT2D eigenvalue weighted by Crippen LogP contribution is -2.21. The van der Waals surface area contributed by atoms with Gasteiger partial charge in [-0.05, 0) is 36.7 Å². The van der Waals surface area contributed by atoms with Gasteiger partial charge in [0.1, 0.15) is 0 Å². The molecule has 0 saturated carbocycles. The Balaban J connectivity index is 2.13. The highest BCUT2D eigenvalue weighted by atomic mass is 79.9. The smallest absolute Gasteiger partial charge is 0.0952 e. The minimum absolute atomic E-state index is 0.841. The number of nitrogens with zero attached hydrogens (tertiary/aromatic N) is 1. The molecule has 4 heteroatoms. The van der Waals surface area contributed by atoms with Crippen LogP contribution >= 0.6 is 15.9 Å². The fourth-order valence-corrected chi connectivity index (χ4v) is 2.53. The van der Waals surface area contributed by atoms with E-state index in [2.05, 4.69) is 58.3 Å². The van der Waals surface area contributed by atoms with Gasteiger partial charge in [0.05, 0.1) is 12.5 Å². The number of rotatable bonds is 7. The van der Waals surface area contributed by atoms with Crippen LogP contribution in [0.5, 0.6) is 0 Å². The molecule has 2 rings (SSSR count). The first kappa shape index (κ1) is 15.1. The van der Waals surface area contributed by atoms with Crippen LogP contribution in [0.25, 0.3) is 0 Å². The highest BCUT2D eigenvalue weighted by Gasteiger charge is 2.09. The summed E-state index contributed by atoms with van der Waals surface area (Å²) in [6.07, 6.45) is 4.66. The monoisotopic (exact) mass is 336 g/mol. The molecule has 20 heavy (non-hydrogen) atoms. The van der Waals surface area contributed by atoms with Gasteiger partial charge in [-0.2, -0.15) is 0 Å². The van der Waals surface area contributed by atoms with Gasteiger partial charge in [-0.1, -0.05) is 28.9 Å². The number of anilines is 1. The van der Waals surface area contributed by atoms with Crippen molar-refractivity contribution in [2.75, 3.05) is 18.5 Å². The fourth-order valence-electron chi connectivity index (χ4n) is 2.18. The molecule has 0 fully saturated rings. The number of benzene rings is 1. The zero-order valence-electron chi connectivity index (χ0n) is 12.0. The average molecular weight is 337 g/mol. The molecule has 0 bridgehead atoms. The number of nitrogens with one attached hydrogen (secondary N) is 1. The molecule has 1 N–H and O–H groups in total. The van der Waals surface area contributed by atoms with Crippen LogP contribution in [0.1, 0.15) is 24.5 Å². The van der Waals surface area contributed by atoms with Crippen LogP contribution in [0.15, 0.2) is 45.7 Å². The molecule has 3 nitrogen and oxygen atoms in total. The van der Waals surface area contributed by atoms with Crippen LogP contribution < -0.4 is 10.2 Å². The zero-order valence-corrected chi connectivity index (χ0v) is 13.6. The van der Waals surface area contributed by atoms with Gasteiger partial charge in [0.15, 0.2) is 0 Å². The summed E-state index contributed by atoms with van der Waals surface area (Å²) in [5.41, 5.74) is 3.73. The zero-order chi connectivity index (χ0) is 14.4. The standard InChI is InChI=1S/C16H21BrN2O/c1-3-7-18-10-14-4-5-15(17)9-16(14)19(2)11-13-6-8-20-12-13/h4-6,8-9,12,18H,3,7,10-11H2,1-2H3. The summed E-state index contributed by atoms with van der Waals surface area (Å²) in [4.78, 5) is 2.25. The first-order valence-corrected chi connectivity index (χ1v) is 7.71. The van der Waals surface area contributed by atoms with Crippen molar-refractivity contribution in [3.8, 4) is 0 Å². The Hall–Kier alpha value is -1.26. The van der Waals surface area contributed by atoms with Gasteiger partial charge in [-0.3, -0.25) is 0 Å². The van der Waals surface area contributed by atoms with Crippen LogP contribution in [0, 0.1) is 0 Å². The first-order valence-electron chi connectivity index (χ1n) is 6.92. The molecule has 1 aromatic carbocycles. The fraction of sp³-hybridized carbons (Fsp3) is 0.375. The molecule has 1 heterocycles. The van der Waals surface area contributed by atoms with E-state index in [9.17, 15) is 0 Å².